The second kappa shape index (κ2) is 9.81. The third kappa shape index (κ3) is 5.22. The summed E-state index contributed by atoms with van der Waals surface area (Å²) in [6, 6.07) is 29.0. The van der Waals surface area contributed by atoms with E-state index in [4.69, 9.17) is 0 Å². The molecule has 0 unspecified atom stereocenters. The number of benzene rings is 2. The zero-order valence-corrected chi connectivity index (χ0v) is 16.0. The van der Waals surface area contributed by atoms with E-state index in [1.807, 2.05) is 30.3 Å². The average molecular weight is 523 g/mol. The summed E-state index contributed by atoms with van der Waals surface area (Å²) in [5, 5.41) is 0. The SMILES string of the molecule is Fc1c[c-]c(-c2ccccn2)c(F)c1.[Ir+3].[c-]1ccccc1-c1ccc[cH-]1. The fourth-order valence-corrected chi connectivity index (χ4v) is 2.28. The van der Waals surface area contributed by atoms with Crippen molar-refractivity contribution >= 4 is 0 Å². The van der Waals surface area contributed by atoms with E-state index in [1.165, 1.54) is 5.56 Å². The maximum Gasteiger partial charge on any atom is 3.00 e. The summed E-state index contributed by atoms with van der Waals surface area (Å²) < 4.78 is 25.8. The molecule has 0 N–H and O–H groups in total. The third-order valence-electron chi connectivity index (χ3n) is 3.46. The Hall–Kier alpha value is -2.55. The van der Waals surface area contributed by atoms with E-state index in [2.05, 4.69) is 35.3 Å². The van der Waals surface area contributed by atoms with Gasteiger partial charge in [-0.25, -0.2) is 17.2 Å². The molecule has 1 aromatic heterocycles. The molecule has 1 nitrogen and oxygen atoms in total. The van der Waals surface area contributed by atoms with Gasteiger partial charge in [-0.2, -0.15) is 42.5 Å². The van der Waals surface area contributed by atoms with Crippen molar-refractivity contribution in [3.8, 4) is 22.4 Å². The molecule has 0 fully saturated rings. The summed E-state index contributed by atoms with van der Waals surface area (Å²) in [6.07, 6.45) is 1.55. The molecule has 0 bridgehead atoms. The Morgan fingerprint density at radius 2 is 1.77 bits per heavy atom. The van der Waals surface area contributed by atoms with Gasteiger partial charge in [0.15, 0.2) is 0 Å². The summed E-state index contributed by atoms with van der Waals surface area (Å²) in [5.74, 6) is -1.29. The summed E-state index contributed by atoms with van der Waals surface area (Å²) in [5.41, 5.74) is 3.04. The van der Waals surface area contributed by atoms with Gasteiger partial charge in [-0.05, 0) is 11.8 Å². The van der Waals surface area contributed by atoms with Gasteiger partial charge < -0.3 is 4.98 Å². The number of nitrogens with zero attached hydrogens (tertiary/aromatic N) is 1. The summed E-state index contributed by atoms with van der Waals surface area (Å²) in [4.78, 5) is 3.95. The first kappa shape index (κ1) is 19.8. The van der Waals surface area contributed by atoms with Crippen LogP contribution in [0.15, 0.2) is 85.1 Å². The van der Waals surface area contributed by atoms with Crippen LogP contribution in [-0.4, -0.2) is 4.98 Å². The number of hydrogen-bond acceptors (Lipinski definition) is 1. The first-order chi connectivity index (χ1) is 12.2. The number of pyridine rings is 1. The largest absolute Gasteiger partial charge is 3.00 e. The minimum Gasteiger partial charge on any atom is -0.305 e. The molecule has 4 aromatic rings. The van der Waals surface area contributed by atoms with Crippen LogP contribution in [0.1, 0.15) is 0 Å². The van der Waals surface area contributed by atoms with Crippen LogP contribution in [0.25, 0.3) is 22.4 Å². The molecule has 130 valence electrons. The van der Waals surface area contributed by atoms with E-state index < -0.39 is 11.6 Å². The number of aromatic nitrogens is 1. The molecule has 1 heterocycles. The molecule has 0 atom stereocenters. The molecule has 0 saturated heterocycles. The molecule has 3 aromatic carbocycles. The zero-order chi connectivity index (χ0) is 17.5. The van der Waals surface area contributed by atoms with E-state index in [0.717, 1.165) is 17.7 Å². The predicted octanol–water partition coefficient (Wildman–Crippen LogP) is 5.70. The van der Waals surface area contributed by atoms with Crippen molar-refractivity contribution in [1.82, 2.24) is 4.98 Å². The molecule has 0 aliphatic heterocycles. The molecular formula is C22H14F2IrN. The Morgan fingerprint density at radius 1 is 0.923 bits per heavy atom. The fraction of sp³-hybridized carbons (Fsp3) is 0. The van der Waals surface area contributed by atoms with Gasteiger partial charge in [0, 0.05) is 17.8 Å². The van der Waals surface area contributed by atoms with Crippen LogP contribution in [-0.2, 0) is 20.1 Å². The molecule has 0 aliphatic rings. The van der Waals surface area contributed by atoms with Gasteiger partial charge >= 0.3 is 20.1 Å². The average Bonchev–Trinajstić information content (AvgIpc) is 3.19. The summed E-state index contributed by atoms with van der Waals surface area (Å²) in [6.45, 7) is 0. The first-order valence-corrected chi connectivity index (χ1v) is 7.71. The van der Waals surface area contributed by atoms with Crippen LogP contribution in [0.2, 0.25) is 0 Å². The van der Waals surface area contributed by atoms with Crippen molar-refractivity contribution in [1.29, 1.82) is 0 Å². The van der Waals surface area contributed by atoms with Crippen molar-refractivity contribution in [2.45, 2.75) is 0 Å². The van der Waals surface area contributed by atoms with Gasteiger partial charge in [0.25, 0.3) is 0 Å². The Morgan fingerprint density at radius 3 is 2.38 bits per heavy atom. The molecule has 4 heteroatoms. The number of rotatable bonds is 2. The van der Waals surface area contributed by atoms with Gasteiger partial charge in [0.1, 0.15) is 0 Å². The molecule has 0 aliphatic carbocycles. The van der Waals surface area contributed by atoms with Gasteiger partial charge in [-0.1, -0.05) is 23.8 Å². The molecule has 0 radical (unpaired) electrons. The normalized spacial score (nSPS) is 9.62. The van der Waals surface area contributed by atoms with Gasteiger partial charge in [0.2, 0.25) is 0 Å². The quantitative estimate of drug-likeness (QED) is 0.308. The van der Waals surface area contributed by atoms with Gasteiger partial charge in [-0.3, -0.25) is 8.78 Å². The van der Waals surface area contributed by atoms with Crippen LogP contribution in [0.3, 0.4) is 0 Å². The Balaban J connectivity index is 0.000000184. The van der Waals surface area contributed by atoms with E-state index in [9.17, 15) is 8.78 Å². The minimum atomic E-state index is -0.649. The molecule has 26 heavy (non-hydrogen) atoms. The molecule has 0 saturated carbocycles. The fourth-order valence-electron chi connectivity index (χ4n) is 2.28. The maximum atomic E-state index is 13.2. The first-order valence-electron chi connectivity index (χ1n) is 7.71. The van der Waals surface area contributed by atoms with E-state index in [1.54, 1.807) is 24.4 Å². The van der Waals surface area contributed by atoms with Crippen molar-refractivity contribution in [2.75, 3.05) is 0 Å². The topological polar surface area (TPSA) is 12.9 Å². The number of halogens is 2. The van der Waals surface area contributed by atoms with Gasteiger partial charge in [-0.15, -0.1) is 18.2 Å². The number of hydrogen-bond donors (Lipinski definition) is 0. The Bertz CT molecular complexity index is 908. The van der Waals surface area contributed by atoms with Crippen molar-refractivity contribution in [3.63, 3.8) is 0 Å². The second-order valence-electron chi connectivity index (χ2n) is 5.21. The van der Waals surface area contributed by atoms with Crippen molar-refractivity contribution < 1.29 is 28.9 Å². The van der Waals surface area contributed by atoms with Crippen LogP contribution < -0.4 is 0 Å². The molecule has 0 amide bonds. The third-order valence-corrected chi connectivity index (χ3v) is 3.46. The standard InChI is InChI=1S/C11H6F2N.C11H8.Ir/c12-8-4-5-9(10(13)7-8)11-3-1-2-6-14-11;1-2-6-10(7-3-1)11-8-4-5-9-11;/h1-4,6-7H;1-6,8-9H;/q-1;-2;+3. The molecule has 0 spiro atoms. The molecule has 4 rings (SSSR count). The van der Waals surface area contributed by atoms with Crippen molar-refractivity contribution in [3.05, 3.63) is 109 Å². The Kier molecular flexibility index (Phi) is 7.46. The molecular weight excluding hydrogens is 508 g/mol. The van der Waals surface area contributed by atoms with Gasteiger partial charge in [0.05, 0.1) is 0 Å². The van der Waals surface area contributed by atoms with Crippen LogP contribution in [0.4, 0.5) is 8.78 Å². The Labute approximate surface area is 165 Å². The summed E-state index contributed by atoms with van der Waals surface area (Å²) in [7, 11) is 0. The second-order valence-corrected chi connectivity index (χ2v) is 5.21. The van der Waals surface area contributed by atoms with Crippen LogP contribution in [0.5, 0.6) is 0 Å². The van der Waals surface area contributed by atoms with E-state index in [0.29, 0.717) is 5.69 Å². The van der Waals surface area contributed by atoms with Crippen LogP contribution in [0, 0.1) is 23.8 Å². The van der Waals surface area contributed by atoms with Crippen molar-refractivity contribution in [2.24, 2.45) is 0 Å². The van der Waals surface area contributed by atoms with E-state index >= 15 is 0 Å². The summed E-state index contributed by atoms with van der Waals surface area (Å²) >= 11 is 0. The smallest absolute Gasteiger partial charge is 0.305 e. The zero-order valence-electron chi connectivity index (χ0n) is 13.6. The maximum absolute atomic E-state index is 13.2. The van der Waals surface area contributed by atoms with E-state index in [-0.39, 0.29) is 25.7 Å². The predicted molar refractivity (Wildman–Crippen MR) is 94.7 cm³/mol. The monoisotopic (exact) mass is 523 g/mol. The minimum absolute atomic E-state index is 0. The van der Waals surface area contributed by atoms with Crippen LogP contribution >= 0.6 is 0 Å².